The Balaban J connectivity index is 1.06. The lowest BCUT2D eigenvalue weighted by atomic mass is 9.65. The Morgan fingerprint density at radius 3 is 1.83 bits per heavy atom. The minimum Gasteiger partial charge on any atom is -0.309 e. The van der Waals surface area contributed by atoms with Crippen molar-refractivity contribution in [2.75, 3.05) is 0 Å². The topological polar surface area (TPSA) is 4.93 Å². The normalized spacial score (nSPS) is 16.6. The van der Waals surface area contributed by atoms with E-state index in [9.17, 15) is 0 Å². The van der Waals surface area contributed by atoms with E-state index in [0.717, 1.165) is 0 Å². The van der Waals surface area contributed by atoms with E-state index in [-0.39, 0.29) is 11.3 Å². The molecule has 0 saturated carbocycles. The fraction of sp³-hybridized carbons (Fsp3) is 0.0847. The van der Waals surface area contributed by atoms with E-state index >= 15 is 0 Å². The molecule has 1 aliphatic heterocycles. The van der Waals surface area contributed by atoms with Crippen molar-refractivity contribution in [2.24, 2.45) is 0 Å². The lowest BCUT2D eigenvalue weighted by Crippen LogP contribution is -2.33. The highest BCUT2D eigenvalue weighted by atomic mass is 15.0. The molecule has 0 amide bonds. The summed E-state index contributed by atoms with van der Waals surface area (Å²) in [7, 11) is 0. The third kappa shape index (κ3) is 4.22. The van der Waals surface area contributed by atoms with Crippen LogP contribution in [0.3, 0.4) is 0 Å². The molecule has 0 fully saturated rings. The maximum absolute atomic E-state index is 2.52. The Morgan fingerprint density at radius 2 is 0.983 bits per heavy atom. The molecule has 2 heterocycles. The summed E-state index contributed by atoms with van der Waals surface area (Å²) in [6, 6.07) is 77.9. The van der Waals surface area contributed by atoms with E-state index < -0.39 is 5.41 Å². The van der Waals surface area contributed by atoms with Gasteiger partial charge in [-0.25, -0.2) is 0 Å². The van der Waals surface area contributed by atoms with E-state index in [2.05, 4.69) is 225 Å². The monoisotopic (exact) mass is 763 g/mol. The van der Waals surface area contributed by atoms with Crippen LogP contribution >= 0.6 is 0 Å². The molecule has 9 aromatic carbocycles. The average Bonchev–Trinajstić information content (AvgIpc) is 3.88. The van der Waals surface area contributed by atoms with Crippen LogP contribution in [0.15, 0.2) is 206 Å². The molecule has 0 N–H and O–H groups in total. The van der Waals surface area contributed by atoms with Gasteiger partial charge in [0.1, 0.15) is 0 Å². The third-order valence-electron chi connectivity index (χ3n) is 14.3. The number of fused-ring (bicyclic) bond motifs is 15. The average molecular weight is 764 g/mol. The molecule has 1 aromatic heterocycles. The van der Waals surface area contributed by atoms with E-state index in [4.69, 9.17) is 0 Å². The van der Waals surface area contributed by atoms with Gasteiger partial charge in [0.2, 0.25) is 0 Å². The summed E-state index contributed by atoms with van der Waals surface area (Å²) < 4.78 is 2.52. The summed E-state index contributed by atoms with van der Waals surface area (Å²) in [6.45, 7) is 4.82. The zero-order chi connectivity index (χ0) is 39.7. The standard InChI is InChI=1S/C59H41N/c1-58(2)48-28-11-8-21-40(48)44-25-16-27-46(56(44)58)55(37-18-4-3-5-19-37)43-24-7-6-20-39(43)38-34-35-50-47(36-38)41-22-9-12-29-49(41)59(50)51-30-13-15-33-54(51)60-53-32-14-10-23-42(53)45-26-17-31-52(59)57(45)60/h3-36,55H,1-2H3. The van der Waals surface area contributed by atoms with Crippen molar-refractivity contribution in [3.05, 3.63) is 256 Å². The van der Waals surface area contributed by atoms with Crippen molar-refractivity contribution in [1.82, 2.24) is 4.57 Å². The number of hydrogen-bond acceptors (Lipinski definition) is 0. The first-order chi connectivity index (χ1) is 29.6. The van der Waals surface area contributed by atoms with Crippen molar-refractivity contribution in [3.63, 3.8) is 0 Å². The fourth-order valence-corrected chi connectivity index (χ4v) is 12.0. The molecule has 0 saturated heterocycles. The van der Waals surface area contributed by atoms with Crippen LogP contribution in [0.5, 0.6) is 0 Å². The van der Waals surface area contributed by atoms with Crippen LogP contribution in [-0.4, -0.2) is 4.57 Å². The molecular weight excluding hydrogens is 723 g/mol. The smallest absolute Gasteiger partial charge is 0.0754 e. The van der Waals surface area contributed by atoms with Gasteiger partial charge in [-0.1, -0.05) is 202 Å². The number of hydrogen-bond donors (Lipinski definition) is 0. The second-order valence-corrected chi connectivity index (χ2v) is 17.5. The number of rotatable bonds is 4. The minimum absolute atomic E-state index is 0.0302. The van der Waals surface area contributed by atoms with Gasteiger partial charge in [0.25, 0.3) is 0 Å². The molecule has 1 heteroatoms. The second-order valence-electron chi connectivity index (χ2n) is 17.5. The van der Waals surface area contributed by atoms with Crippen molar-refractivity contribution >= 4 is 21.8 Å². The number of para-hydroxylation sites is 3. The fourth-order valence-electron chi connectivity index (χ4n) is 12.0. The second kappa shape index (κ2) is 12.2. The van der Waals surface area contributed by atoms with Gasteiger partial charge >= 0.3 is 0 Å². The maximum atomic E-state index is 2.52. The highest BCUT2D eigenvalue weighted by Crippen LogP contribution is 2.62. The Hall–Kier alpha value is -7.22. The minimum atomic E-state index is -0.470. The lowest BCUT2D eigenvalue weighted by molar-refractivity contribution is 0.648. The van der Waals surface area contributed by atoms with Gasteiger partial charge in [-0.15, -0.1) is 0 Å². The lowest BCUT2D eigenvalue weighted by Gasteiger charge is -2.39. The molecule has 3 aliphatic rings. The van der Waals surface area contributed by atoms with Crippen molar-refractivity contribution in [3.8, 4) is 39.1 Å². The van der Waals surface area contributed by atoms with Gasteiger partial charge < -0.3 is 4.57 Å². The van der Waals surface area contributed by atoms with Crippen molar-refractivity contribution in [1.29, 1.82) is 0 Å². The Labute approximate surface area is 350 Å². The van der Waals surface area contributed by atoms with Gasteiger partial charge in [-0.3, -0.25) is 0 Å². The first-order valence-electron chi connectivity index (χ1n) is 21.3. The van der Waals surface area contributed by atoms with Crippen LogP contribution < -0.4 is 0 Å². The predicted molar refractivity (Wildman–Crippen MR) is 248 cm³/mol. The summed E-state index contributed by atoms with van der Waals surface area (Å²) >= 11 is 0. The summed E-state index contributed by atoms with van der Waals surface area (Å²) in [6.07, 6.45) is 0. The third-order valence-corrected chi connectivity index (χ3v) is 14.3. The highest BCUT2D eigenvalue weighted by Gasteiger charge is 2.51. The van der Waals surface area contributed by atoms with Gasteiger partial charge in [0.15, 0.2) is 0 Å². The molecule has 2 unspecified atom stereocenters. The SMILES string of the molecule is CC1(C)c2ccccc2-c2cccc(C(c3ccccc3)c3ccccc3-c3ccc4c(c3)-c3ccccc3C43c4ccccc4-n4c5ccccc5c5cccc3c54)c21. The van der Waals surface area contributed by atoms with Gasteiger partial charge in [-0.2, -0.15) is 0 Å². The number of benzene rings is 9. The molecule has 13 rings (SSSR count). The molecule has 0 bridgehead atoms. The Bertz CT molecular complexity index is 3420. The first kappa shape index (κ1) is 33.7. The van der Waals surface area contributed by atoms with E-state index in [1.165, 1.54) is 111 Å². The molecule has 0 radical (unpaired) electrons. The van der Waals surface area contributed by atoms with Crippen LogP contribution in [0, 0.1) is 0 Å². The summed E-state index contributed by atoms with van der Waals surface area (Å²) in [5.74, 6) is 0.0302. The molecule has 282 valence electrons. The largest absolute Gasteiger partial charge is 0.309 e. The maximum Gasteiger partial charge on any atom is 0.0754 e. The Kier molecular flexibility index (Phi) is 6.84. The zero-order valence-electron chi connectivity index (χ0n) is 33.7. The van der Waals surface area contributed by atoms with E-state index in [1.54, 1.807) is 0 Å². The quantitative estimate of drug-likeness (QED) is 0.157. The number of aromatic nitrogens is 1. The van der Waals surface area contributed by atoms with Gasteiger partial charge in [0, 0.05) is 22.1 Å². The molecule has 1 spiro atoms. The van der Waals surface area contributed by atoms with Gasteiger partial charge in [0.05, 0.1) is 22.1 Å². The van der Waals surface area contributed by atoms with Crippen LogP contribution in [0.4, 0.5) is 0 Å². The molecular formula is C59H41N. The summed E-state index contributed by atoms with van der Waals surface area (Å²) in [4.78, 5) is 0. The first-order valence-corrected chi connectivity index (χ1v) is 21.3. The van der Waals surface area contributed by atoms with Crippen LogP contribution in [-0.2, 0) is 10.8 Å². The highest BCUT2D eigenvalue weighted by molar-refractivity contribution is 6.13. The summed E-state index contributed by atoms with van der Waals surface area (Å²) in [5.41, 5.74) is 23.3. The molecule has 60 heavy (non-hydrogen) atoms. The Morgan fingerprint density at radius 1 is 0.400 bits per heavy atom. The van der Waals surface area contributed by atoms with Gasteiger partial charge in [-0.05, 0) is 102 Å². The predicted octanol–water partition coefficient (Wildman–Crippen LogP) is 14.6. The van der Waals surface area contributed by atoms with Crippen LogP contribution in [0.2, 0.25) is 0 Å². The van der Waals surface area contributed by atoms with E-state index in [1.807, 2.05) is 0 Å². The zero-order valence-corrected chi connectivity index (χ0v) is 33.7. The molecule has 1 nitrogen and oxygen atoms in total. The van der Waals surface area contributed by atoms with Crippen LogP contribution in [0.25, 0.3) is 60.9 Å². The van der Waals surface area contributed by atoms with Crippen molar-refractivity contribution < 1.29 is 0 Å². The number of nitrogens with zero attached hydrogens (tertiary/aromatic N) is 1. The van der Waals surface area contributed by atoms with E-state index in [0.29, 0.717) is 0 Å². The van der Waals surface area contributed by atoms with Crippen LogP contribution in [0.1, 0.15) is 69.8 Å². The molecule has 2 atom stereocenters. The molecule has 2 aliphatic carbocycles. The van der Waals surface area contributed by atoms with Crippen molar-refractivity contribution in [2.45, 2.75) is 30.6 Å². The summed E-state index contributed by atoms with van der Waals surface area (Å²) in [5, 5.41) is 2.60. The molecule has 10 aromatic rings.